The van der Waals surface area contributed by atoms with Gasteiger partial charge < -0.3 is 10.6 Å². The third-order valence-corrected chi connectivity index (χ3v) is 5.14. The van der Waals surface area contributed by atoms with Crippen molar-refractivity contribution < 1.29 is 9.59 Å². The molecule has 144 valence electrons. The van der Waals surface area contributed by atoms with E-state index in [1.165, 1.54) is 12.2 Å². The van der Waals surface area contributed by atoms with Gasteiger partial charge in [0, 0.05) is 23.5 Å². The Labute approximate surface area is 173 Å². The second kappa shape index (κ2) is 7.33. The number of allylic oxidation sites excluding steroid dienone is 2. The molecule has 2 N–H and O–H groups in total. The zero-order valence-corrected chi connectivity index (χ0v) is 16.1. The van der Waals surface area contributed by atoms with E-state index in [0.717, 1.165) is 32.9 Å². The lowest BCUT2D eigenvalue weighted by Gasteiger charge is -2.16. The number of hydrogen-bond donors (Lipinski definition) is 2. The topological polar surface area (TPSA) is 58.2 Å². The van der Waals surface area contributed by atoms with E-state index in [9.17, 15) is 9.59 Å². The molecule has 0 atom stereocenters. The van der Waals surface area contributed by atoms with Gasteiger partial charge in [-0.15, -0.1) is 0 Å². The third kappa shape index (κ3) is 3.47. The molecule has 0 radical (unpaired) electrons. The molecule has 4 aromatic carbocycles. The molecule has 4 heteroatoms. The van der Waals surface area contributed by atoms with Crippen LogP contribution < -0.4 is 10.6 Å². The normalized spacial score (nSPS) is 13.9. The van der Waals surface area contributed by atoms with Crippen LogP contribution in [-0.4, -0.2) is 11.6 Å². The molecule has 0 heterocycles. The molecule has 0 aromatic heterocycles. The fraction of sp³-hybridized carbons (Fsp3) is 0. The van der Waals surface area contributed by atoms with Crippen LogP contribution in [0.25, 0.3) is 21.5 Å². The lowest BCUT2D eigenvalue weighted by atomic mass is 10.0. The smallest absolute Gasteiger partial charge is 0.204 e. The molecule has 1 aliphatic carbocycles. The minimum absolute atomic E-state index is 0.244. The van der Waals surface area contributed by atoms with Gasteiger partial charge >= 0.3 is 0 Å². The van der Waals surface area contributed by atoms with Crippen molar-refractivity contribution in [1.29, 1.82) is 0 Å². The molecule has 0 aliphatic heterocycles. The van der Waals surface area contributed by atoms with Crippen molar-refractivity contribution >= 4 is 44.5 Å². The second-order valence-corrected chi connectivity index (χ2v) is 7.22. The van der Waals surface area contributed by atoms with E-state index >= 15 is 0 Å². The largest absolute Gasteiger partial charge is 0.352 e. The summed E-state index contributed by atoms with van der Waals surface area (Å²) in [4.78, 5) is 25.2. The van der Waals surface area contributed by atoms with Gasteiger partial charge in [0.05, 0.1) is 11.4 Å². The molecular formula is C26H18N2O2. The molecule has 0 fully saturated rings. The first kappa shape index (κ1) is 17.9. The van der Waals surface area contributed by atoms with Gasteiger partial charge in [-0.1, -0.05) is 60.7 Å². The summed E-state index contributed by atoms with van der Waals surface area (Å²) in [6.45, 7) is 0. The van der Waals surface area contributed by atoms with Crippen LogP contribution in [0.2, 0.25) is 0 Å². The monoisotopic (exact) mass is 390 g/mol. The van der Waals surface area contributed by atoms with Gasteiger partial charge in [0.1, 0.15) is 0 Å². The van der Waals surface area contributed by atoms with Crippen molar-refractivity contribution in [3.8, 4) is 0 Å². The number of ketones is 2. The molecule has 5 rings (SSSR count). The molecule has 0 spiro atoms. The average Bonchev–Trinajstić information content (AvgIpc) is 2.77. The van der Waals surface area contributed by atoms with Crippen LogP contribution in [0.4, 0.5) is 11.4 Å². The molecule has 0 saturated heterocycles. The number of anilines is 2. The molecule has 0 amide bonds. The quantitative estimate of drug-likeness (QED) is 0.456. The summed E-state index contributed by atoms with van der Waals surface area (Å²) in [5.41, 5.74) is 2.06. The highest BCUT2D eigenvalue weighted by Crippen LogP contribution is 2.24. The summed E-state index contributed by atoms with van der Waals surface area (Å²) >= 11 is 0. The number of benzene rings is 4. The van der Waals surface area contributed by atoms with E-state index in [1.807, 2.05) is 84.9 Å². The van der Waals surface area contributed by atoms with E-state index in [2.05, 4.69) is 10.6 Å². The molecule has 4 nitrogen and oxygen atoms in total. The van der Waals surface area contributed by atoms with Crippen LogP contribution in [0.15, 0.2) is 108 Å². The van der Waals surface area contributed by atoms with Crippen molar-refractivity contribution in [3.63, 3.8) is 0 Å². The Morgan fingerprint density at radius 3 is 1.30 bits per heavy atom. The van der Waals surface area contributed by atoms with Gasteiger partial charge in [0.25, 0.3) is 0 Å². The Hall–Kier alpha value is -4.18. The standard InChI is InChI=1S/C26H18N2O2/c29-25-16-24(28-22-12-10-18-6-2-4-8-20(18)14-22)26(30)15-23(25)27-21-11-9-17-5-1-3-7-19(17)13-21/h1-16,27-28H. The third-order valence-electron chi connectivity index (χ3n) is 5.14. The number of carbonyl (C=O) groups excluding carboxylic acids is 2. The Morgan fingerprint density at radius 1 is 0.467 bits per heavy atom. The van der Waals surface area contributed by atoms with E-state index < -0.39 is 0 Å². The van der Waals surface area contributed by atoms with Crippen molar-refractivity contribution in [2.45, 2.75) is 0 Å². The summed E-state index contributed by atoms with van der Waals surface area (Å²) in [6.07, 6.45) is 2.70. The van der Waals surface area contributed by atoms with E-state index in [1.54, 1.807) is 0 Å². The summed E-state index contributed by atoms with van der Waals surface area (Å²) in [7, 11) is 0. The highest BCUT2D eigenvalue weighted by atomic mass is 16.1. The van der Waals surface area contributed by atoms with Gasteiger partial charge in [-0.25, -0.2) is 0 Å². The fourth-order valence-corrected chi connectivity index (χ4v) is 3.60. The minimum Gasteiger partial charge on any atom is -0.352 e. The van der Waals surface area contributed by atoms with Crippen LogP contribution in [0.5, 0.6) is 0 Å². The molecule has 30 heavy (non-hydrogen) atoms. The Morgan fingerprint density at radius 2 is 0.867 bits per heavy atom. The SMILES string of the molecule is O=C1C=C(Nc2ccc3ccccc3c2)C(=O)C=C1Nc1ccc2ccccc2c1. The zero-order chi connectivity index (χ0) is 20.5. The first-order chi connectivity index (χ1) is 14.7. The first-order valence-electron chi connectivity index (χ1n) is 9.69. The van der Waals surface area contributed by atoms with E-state index in [-0.39, 0.29) is 23.0 Å². The van der Waals surface area contributed by atoms with E-state index in [0.29, 0.717) is 0 Å². The van der Waals surface area contributed by atoms with Crippen LogP contribution in [-0.2, 0) is 9.59 Å². The summed E-state index contributed by atoms with van der Waals surface area (Å²) in [5, 5.41) is 10.5. The first-order valence-corrected chi connectivity index (χ1v) is 9.69. The summed E-state index contributed by atoms with van der Waals surface area (Å²) < 4.78 is 0. The van der Waals surface area contributed by atoms with Crippen LogP contribution in [0.1, 0.15) is 0 Å². The number of carbonyl (C=O) groups is 2. The lowest BCUT2D eigenvalue weighted by molar-refractivity contribution is -0.115. The lowest BCUT2D eigenvalue weighted by Crippen LogP contribution is -2.21. The van der Waals surface area contributed by atoms with Gasteiger partial charge in [0.15, 0.2) is 0 Å². The van der Waals surface area contributed by atoms with Crippen molar-refractivity contribution in [3.05, 3.63) is 108 Å². The molecule has 4 aromatic rings. The molecule has 0 unspecified atom stereocenters. The number of hydrogen-bond acceptors (Lipinski definition) is 4. The van der Waals surface area contributed by atoms with Crippen LogP contribution in [0, 0.1) is 0 Å². The van der Waals surface area contributed by atoms with Crippen molar-refractivity contribution in [2.24, 2.45) is 0 Å². The fourth-order valence-electron chi connectivity index (χ4n) is 3.60. The highest BCUT2D eigenvalue weighted by Gasteiger charge is 2.20. The molecule has 1 aliphatic rings. The molecule has 0 saturated carbocycles. The van der Waals surface area contributed by atoms with Gasteiger partial charge in [-0.3, -0.25) is 9.59 Å². The average molecular weight is 390 g/mol. The maximum atomic E-state index is 12.6. The van der Waals surface area contributed by atoms with Crippen LogP contribution >= 0.6 is 0 Å². The number of fused-ring (bicyclic) bond motifs is 2. The summed E-state index contributed by atoms with van der Waals surface area (Å²) in [5.74, 6) is -0.489. The van der Waals surface area contributed by atoms with Gasteiger partial charge in [-0.05, 0) is 45.8 Å². The molecule has 0 bridgehead atoms. The van der Waals surface area contributed by atoms with Crippen molar-refractivity contribution in [2.75, 3.05) is 10.6 Å². The maximum absolute atomic E-state index is 12.6. The van der Waals surface area contributed by atoms with Crippen molar-refractivity contribution in [1.82, 2.24) is 0 Å². The van der Waals surface area contributed by atoms with E-state index in [4.69, 9.17) is 0 Å². The Kier molecular flexibility index (Phi) is 4.37. The predicted molar refractivity (Wildman–Crippen MR) is 121 cm³/mol. The highest BCUT2D eigenvalue weighted by molar-refractivity contribution is 6.22. The minimum atomic E-state index is -0.244. The summed E-state index contributed by atoms with van der Waals surface area (Å²) in [6, 6.07) is 27.6. The molecular weight excluding hydrogens is 372 g/mol. The second-order valence-electron chi connectivity index (χ2n) is 7.22. The Bertz CT molecular complexity index is 1270. The number of nitrogens with one attached hydrogen (secondary N) is 2. The zero-order valence-electron chi connectivity index (χ0n) is 16.1. The van der Waals surface area contributed by atoms with Gasteiger partial charge in [0.2, 0.25) is 11.6 Å². The number of rotatable bonds is 4. The van der Waals surface area contributed by atoms with Gasteiger partial charge in [-0.2, -0.15) is 0 Å². The Balaban J connectivity index is 1.35. The predicted octanol–water partition coefficient (Wildman–Crippen LogP) is 5.44. The maximum Gasteiger partial charge on any atom is 0.204 e. The van der Waals surface area contributed by atoms with Crippen LogP contribution in [0.3, 0.4) is 0 Å².